The number of halogens is 2. The molecule has 4 rings (SSSR count). The van der Waals surface area contributed by atoms with Gasteiger partial charge in [0.2, 0.25) is 0 Å². The zero-order valence-corrected chi connectivity index (χ0v) is 23.0. The van der Waals surface area contributed by atoms with Gasteiger partial charge in [0.25, 0.3) is 0 Å². The molecule has 10 heteroatoms. The highest BCUT2D eigenvalue weighted by atomic mass is 32.2. The highest BCUT2D eigenvalue weighted by molar-refractivity contribution is 7.87. The van der Waals surface area contributed by atoms with Crippen molar-refractivity contribution in [2.75, 3.05) is 0 Å². The molecular formula is C29H26F2O6S2. The molecule has 39 heavy (non-hydrogen) atoms. The fourth-order valence-corrected chi connectivity index (χ4v) is 6.03. The zero-order valence-electron chi connectivity index (χ0n) is 21.4. The Kier molecular flexibility index (Phi) is 8.08. The third-order valence-corrected chi connectivity index (χ3v) is 8.63. The summed E-state index contributed by atoms with van der Waals surface area (Å²) in [6.07, 6.45) is 0.203. The molecule has 0 radical (unpaired) electrons. The van der Waals surface area contributed by atoms with E-state index in [2.05, 4.69) is 0 Å². The molecule has 0 aromatic heterocycles. The van der Waals surface area contributed by atoms with Crippen LogP contribution in [0.2, 0.25) is 0 Å². The van der Waals surface area contributed by atoms with Gasteiger partial charge in [0, 0.05) is 17.0 Å². The molecule has 0 N–H and O–H groups in total. The van der Waals surface area contributed by atoms with Gasteiger partial charge in [-0.3, -0.25) is 0 Å². The van der Waals surface area contributed by atoms with Gasteiger partial charge in [-0.05, 0) is 56.7 Å². The van der Waals surface area contributed by atoms with Crippen LogP contribution in [0, 0.1) is 25.5 Å². The molecular weight excluding hydrogens is 546 g/mol. The Morgan fingerprint density at radius 2 is 0.974 bits per heavy atom. The molecule has 0 bridgehead atoms. The Morgan fingerprint density at radius 1 is 0.615 bits per heavy atom. The van der Waals surface area contributed by atoms with Crippen molar-refractivity contribution in [2.45, 2.75) is 42.9 Å². The van der Waals surface area contributed by atoms with Crippen LogP contribution >= 0.6 is 0 Å². The highest BCUT2D eigenvalue weighted by Crippen LogP contribution is 2.42. The van der Waals surface area contributed by atoms with Crippen LogP contribution in [0.4, 0.5) is 8.78 Å². The summed E-state index contributed by atoms with van der Waals surface area (Å²) >= 11 is 0. The lowest BCUT2D eigenvalue weighted by Gasteiger charge is -2.22. The lowest BCUT2D eigenvalue weighted by molar-refractivity contribution is 0.448. The molecule has 0 unspecified atom stereocenters. The van der Waals surface area contributed by atoms with E-state index in [-0.39, 0.29) is 27.3 Å². The maximum absolute atomic E-state index is 15.1. The Labute approximate surface area is 227 Å². The van der Waals surface area contributed by atoms with Gasteiger partial charge in [0.1, 0.15) is 9.79 Å². The van der Waals surface area contributed by atoms with Crippen LogP contribution in [-0.2, 0) is 20.2 Å². The Balaban J connectivity index is 1.79. The molecule has 0 amide bonds. The number of benzene rings is 4. The minimum atomic E-state index is -4.43. The van der Waals surface area contributed by atoms with Crippen LogP contribution in [0.1, 0.15) is 41.5 Å². The number of hydrogen-bond acceptors (Lipinski definition) is 6. The van der Waals surface area contributed by atoms with Crippen molar-refractivity contribution >= 4 is 20.2 Å². The fourth-order valence-electron chi connectivity index (χ4n) is 4.11. The quantitative estimate of drug-likeness (QED) is 0.209. The number of rotatable bonds is 9. The Hall–Kier alpha value is -3.76. The van der Waals surface area contributed by atoms with Crippen molar-refractivity contribution in [3.05, 3.63) is 119 Å². The number of hydrogen-bond donors (Lipinski definition) is 0. The second-order valence-electron chi connectivity index (χ2n) is 8.98. The second kappa shape index (κ2) is 11.2. The maximum atomic E-state index is 15.1. The first-order valence-corrected chi connectivity index (χ1v) is 14.8. The predicted octanol–water partition coefficient (Wildman–Crippen LogP) is 6.66. The van der Waals surface area contributed by atoms with Gasteiger partial charge in [0.05, 0.1) is 0 Å². The molecule has 0 saturated carbocycles. The fraction of sp³-hybridized carbons (Fsp3) is 0.172. The highest BCUT2D eigenvalue weighted by Gasteiger charge is 2.30. The summed E-state index contributed by atoms with van der Waals surface area (Å²) in [7, 11) is -8.85. The van der Waals surface area contributed by atoms with Crippen molar-refractivity contribution < 1.29 is 34.0 Å². The third-order valence-electron chi connectivity index (χ3n) is 6.16. The van der Waals surface area contributed by atoms with E-state index in [1.165, 1.54) is 48.5 Å². The molecule has 0 spiro atoms. The average Bonchev–Trinajstić information content (AvgIpc) is 2.88. The summed E-state index contributed by atoms with van der Waals surface area (Å²) in [6.45, 7) is 5.28. The van der Waals surface area contributed by atoms with Crippen LogP contribution in [0.25, 0.3) is 0 Å². The number of aryl methyl sites for hydroxylation is 2. The molecule has 204 valence electrons. The number of para-hydroxylation sites is 2. The average molecular weight is 573 g/mol. The first kappa shape index (κ1) is 28.3. The summed E-state index contributed by atoms with van der Waals surface area (Å²) in [4.78, 5) is -0.344. The van der Waals surface area contributed by atoms with Crippen LogP contribution in [0.3, 0.4) is 0 Å². The standard InChI is InChI=1S/C29H26F2O6S2/c1-4-23(24-7-5-9-26(30)28(24)36-38(32,33)21-15-11-19(2)12-16-21)25-8-6-10-27(31)29(25)37-39(34,35)22-17-13-20(3)14-18-22/h5-18,23H,4H2,1-3H3. The second-order valence-corrected chi connectivity index (χ2v) is 12.1. The molecule has 6 nitrogen and oxygen atoms in total. The topological polar surface area (TPSA) is 86.7 Å². The summed E-state index contributed by atoms with van der Waals surface area (Å²) in [6, 6.07) is 19.4. The van der Waals surface area contributed by atoms with Gasteiger partial charge in [-0.1, -0.05) is 66.6 Å². The minimum absolute atomic E-state index is 0.0800. The van der Waals surface area contributed by atoms with E-state index >= 15 is 8.78 Å². The van der Waals surface area contributed by atoms with Crippen molar-refractivity contribution in [1.29, 1.82) is 0 Å². The normalized spacial score (nSPS) is 11.9. The van der Waals surface area contributed by atoms with E-state index in [0.717, 1.165) is 23.3 Å². The predicted molar refractivity (Wildman–Crippen MR) is 143 cm³/mol. The molecule has 0 heterocycles. The van der Waals surface area contributed by atoms with Crippen LogP contribution in [-0.4, -0.2) is 16.8 Å². The van der Waals surface area contributed by atoms with E-state index < -0.39 is 49.3 Å². The van der Waals surface area contributed by atoms with Gasteiger partial charge < -0.3 is 8.37 Å². The van der Waals surface area contributed by atoms with Gasteiger partial charge in [-0.15, -0.1) is 0 Å². The van der Waals surface area contributed by atoms with Crippen LogP contribution < -0.4 is 8.37 Å². The molecule has 4 aromatic rings. The smallest absolute Gasteiger partial charge is 0.339 e. The van der Waals surface area contributed by atoms with Gasteiger partial charge in [-0.25, -0.2) is 8.78 Å². The van der Waals surface area contributed by atoms with E-state index in [1.807, 2.05) is 0 Å². The van der Waals surface area contributed by atoms with Crippen LogP contribution in [0.5, 0.6) is 11.5 Å². The summed E-state index contributed by atoms with van der Waals surface area (Å²) in [5.74, 6) is -3.92. The Bertz CT molecular complexity index is 1570. The first-order chi connectivity index (χ1) is 18.4. The van der Waals surface area contributed by atoms with Crippen LogP contribution in [0.15, 0.2) is 94.7 Å². The van der Waals surface area contributed by atoms with E-state index in [1.54, 1.807) is 45.0 Å². The summed E-state index contributed by atoms with van der Waals surface area (Å²) in [5, 5.41) is 0. The molecule has 4 aromatic carbocycles. The zero-order chi connectivity index (χ0) is 28.4. The van der Waals surface area contributed by atoms with E-state index in [4.69, 9.17) is 8.37 Å². The van der Waals surface area contributed by atoms with E-state index in [9.17, 15) is 16.8 Å². The monoisotopic (exact) mass is 572 g/mol. The van der Waals surface area contributed by atoms with Gasteiger partial charge >= 0.3 is 20.2 Å². The van der Waals surface area contributed by atoms with Crippen molar-refractivity contribution in [3.63, 3.8) is 0 Å². The lowest BCUT2D eigenvalue weighted by Crippen LogP contribution is -2.16. The van der Waals surface area contributed by atoms with Gasteiger partial charge in [0.15, 0.2) is 23.1 Å². The van der Waals surface area contributed by atoms with Crippen molar-refractivity contribution in [3.8, 4) is 11.5 Å². The molecule has 0 aliphatic rings. The molecule has 0 saturated heterocycles. The first-order valence-electron chi connectivity index (χ1n) is 12.0. The van der Waals surface area contributed by atoms with E-state index in [0.29, 0.717) is 0 Å². The molecule has 0 atom stereocenters. The molecule has 0 aliphatic carbocycles. The van der Waals surface area contributed by atoms with Gasteiger partial charge in [-0.2, -0.15) is 16.8 Å². The van der Waals surface area contributed by atoms with Crippen molar-refractivity contribution in [1.82, 2.24) is 0 Å². The molecule has 0 fully saturated rings. The third kappa shape index (κ3) is 6.12. The molecule has 0 aliphatic heterocycles. The Morgan fingerprint density at radius 3 is 1.31 bits per heavy atom. The summed E-state index contributed by atoms with van der Waals surface area (Å²) < 4.78 is 92.8. The maximum Gasteiger partial charge on any atom is 0.339 e. The largest absolute Gasteiger partial charge is 0.375 e. The SMILES string of the molecule is CCC(c1cccc(F)c1OS(=O)(=O)c1ccc(C)cc1)c1cccc(F)c1OS(=O)(=O)c1ccc(C)cc1. The minimum Gasteiger partial charge on any atom is -0.375 e. The lowest BCUT2D eigenvalue weighted by atomic mass is 9.87. The van der Waals surface area contributed by atoms with Crippen molar-refractivity contribution in [2.24, 2.45) is 0 Å². The summed E-state index contributed by atoms with van der Waals surface area (Å²) in [5.41, 5.74) is 1.81.